The highest BCUT2D eigenvalue weighted by molar-refractivity contribution is 6.16. The van der Waals surface area contributed by atoms with Crippen molar-refractivity contribution < 1.29 is 14.3 Å². The van der Waals surface area contributed by atoms with Gasteiger partial charge in [0.05, 0.1) is 5.71 Å². The van der Waals surface area contributed by atoms with Crippen LogP contribution >= 0.6 is 0 Å². The van der Waals surface area contributed by atoms with Gasteiger partial charge in [0.25, 0.3) is 0 Å². The van der Waals surface area contributed by atoms with E-state index in [9.17, 15) is 9.59 Å². The van der Waals surface area contributed by atoms with Crippen molar-refractivity contribution in [2.75, 3.05) is 0 Å². The van der Waals surface area contributed by atoms with E-state index in [1.54, 1.807) is 0 Å². The van der Waals surface area contributed by atoms with Crippen molar-refractivity contribution in [1.29, 1.82) is 0 Å². The van der Waals surface area contributed by atoms with Crippen LogP contribution in [0.3, 0.4) is 0 Å². The smallest absolute Gasteiger partial charge is 0.409 e. The highest BCUT2D eigenvalue weighted by atomic mass is 16.5. The first-order valence-corrected chi connectivity index (χ1v) is 9.84. The van der Waals surface area contributed by atoms with Crippen molar-refractivity contribution in [3.05, 3.63) is 107 Å². The minimum absolute atomic E-state index is 0.127. The number of benzene rings is 3. The number of ketones is 1. The molecule has 4 rings (SSSR count). The highest BCUT2D eigenvalue weighted by Crippen LogP contribution is 2.24. The summed E-state index contributed by atoms with van der Waals surface area (Å²) in [5.41, 5.74) is 5.33. The quantitative estimate of drug-likeness (QED) is 0.716. The molecule has 150 valence electrons. The predicted molar refractivity (Wildman–Crippen MR) is 116 cm³/mol. The van der Waals surface area contributed by atoms with Crippen molar-refractivity contribution in [1.82, 2.24) is 5.32 Å². The minimum atomic E-state index is -1.00. The lowest BCUT2D eigenvalue weighted by molar-refractivity contribution is -0.120. The van der Waals surface area contributed by atoms with Gasteiger partial charge in [-0.3, -0.25) is 15.1 Å². The molecule has 5 nitrogen and oxygen atoms in total. The van der Waals surface area contributed by atoms with Gasteiger partial charge in [0.15, 0.2) is 11.9 Å². The molecule has 3 aromatic rings. The molecule has 0 aromatic heterocycles. The number of aliphatic imine (C=N–C) groups is 1. The number of amides is 1. The van der Waals surface area contributed by atoms with Gasteiger partial charge in [0.2, 0.25) is 0 Å². The van der Waals surface area contributed by atoms with Crippen LogP contribution in [0.1, 0.15) is 27.8 Å². The molecule has 1 aliphatic rings. The van der Waals surface area contributed by atoms with E-state index < -0.39 is 12.3 Å². The van der Waals surface area contributed by atoms with Gasteiger partial charge in [0, 0.05) is 17.5 Å². The van der Waals surface area contributed by atoms with Gasteiger partial charge < -0.3 is 4.74 Å². The fraction of sp³-hybridized carbons (Fsp3) is 0.160. The number of ether oxygens (including phenoxy) is 1. The maximum atomic E-state index is 12.9. The Hall–Kier alpha value is -3.73. The number of alkyl carbamates (subject to hydrolysis) is 1. The van der Waals surface area contributed by atoms with Gasteiger partial charge in [0.1, 0.15) is 6.61 Å². The number of carbonyl (C=O) groups excluding carboxylic acids is 2. The van der Waals surface area contributed by atoms with E-state index in [4.69, 9.17) is 4.74 Å². The number of rotatable bonds is 4. The lowest BCUT2D eigenvalue weighted by Gasteiger charge is -2.14. The topological polar surface area (TPSA) is 67.8 Å². The Morgan fingerprint density at radius 2 is 1.70 bits per heavy atom. The number of hydrogen-bond donors (Lipinski definition) is 1. The standard InChI is InChI=1S/C25H22N2O3/c1-17-9-8-14-20-21(17)15-22(28)24(26-23(20)19-12-6-3-7-13-19)27-25(29)30-16-18-10-4-2-5-11-18/h2-14,24H,15-16H2,1H3,(H,27,29)/t24-/m1/s1. The predicted octanol–water partition coefficient (Wildman–Crippen LogP) is 4.21. The number of Topliss-reactive ketones (excluding diaryl/α,β-unsaturated/α-hetero) is 1. The number of hydrogen-bond acceptors (Lipinski definition) is 4. The van der Waals surface area contributed by atoms with Gasteiger partial charge in [-0.2, -0.15) is 0 Å². The van der Waals surface area contributed by atoms with Crippen LogP contribution in [0.5, 0.6) is 0 Å². The molecule has 0 unspecified atom stereocenters. The second-order valence-electron chi connectivity index (χ2n) is 7.20. The summed E-state index contributed by atoms with van der Waals surface area (Å²) in [7, 11) is 0. The van der Waals surface area contributed by atoms with E-state index in [1.807, 2.05) is 85.8 Å². The highest BCUT2D eigenvalue weighted by Gasteiger charge is 2.28. The van der Waals surface area contributed by atoms with Gasteiger partial charge in [-0.25, -0.2) is 4.79 Å². The number of fused-ring (bicyclic) bond motifs is 1. The molecule has 30 heavy (non-hydrogen) atoms. The molecular formula is C25H22N2O3. The van der Waals surface area contributed by atoms with Crippen molar-refractivity contribution in [2.45, 2.75) is 26.1 Å². The Morgan fingerprint density at radius 1 is 1.00 bits per heavy atom. The van der Waals surface area contributed by atoms with Crippen LogP contribution < -0.4 is 5.32 Å². The molecular weight excluding hydrogens is 376 g/mol. The van der Waals surface area contributed by atoms with E-state index in [-0.39, 0.29) is 18.8 Å². The van der Waals surface area contributed by atoms with Crippen LogP contribution in [-0.4, -0.2) is 23.8 Å². The summed E-state index contributed by atoms with van der Waals surface area (Å²) in [5, 5.41) is 2.63. The summed E-state index contributed by atoms with van der Waals surface area (Å²) in [5.74, 6) is -0.173. The molecule has 1 amide bonds. The lowest BCUT2D eigenvalue weighted by Crippen LogP contribution is -2.40. The van der Waals surface area contributed by atoms with Gasteiger partial charge in [-0.1, -0.05) is 78.9 Å². The molecule has 0 bridgehead atoms. The second kappa shape index (κ2) is 8.74. The Balaban J connectivity index is 1.61. The van der Waals surface area contributed by atoms with Gasteiger partial charge in [-0.05, 0) is 23.6 Å². The first kappa shape index (κ1) is 19.6. The van der Waals surface area contributed by atoms with E-state index >= 15 is 0 Å². The maximum Gasteiger partial charge on any atom is 0.409 e. The van der Waals surface area contributed by atoms with Crippen LogP contribution in [-0.2, 0) is 22.6 Å². The van der Waals surface area contributed by atoms with Crippen LogP contribution in [0.25, 0.3) is 0 Å². The molecule has 1 heterocycles. The number of carbonyl (C=O) groups is 2. The average Bonchev–Trinajstić information content (AvgIpc) is 2.91. The zero-order valence-corrected chi connectivity index (χ0v) is 16.7. The van der Waals surface area contributed by atoms with Crippen LogP contribution in [0.2, 0.25) is 0 Å². The summed E-state index contributed by atoms with van der Waals surface area (Å²) in [6.07, 6.45) is -1.47. The number of aryl methyl sites for hydroxylation is 1. The fourth-order valence-electron chi connectivity index (χ4n) is 3.52. The van der Waals surface area contributed by atoms with E-state index in [0.29, 0.717) is 5.71 Å². The maximum absolute atomic E-state index is 12.9. The molecule has 0 saturated carbocycles. The second-order valence-corrected chi connectivity index (χ2v) is 7.20. The zero-order chi connectivity index (χ0) is 20.9. The number of nitrogens with one attached hydrogen (secondary N) is 1. The molecule has 0 radical (unpaired) electrons. The summed E-state index contributed by atoms with van der Waals surface area (Å²) in [6.45, 7) is 2.11. The summed E-state index contributed by atoms with van der Waals surface area (Å²) < 4.78 is 5.29. The van der Waals surface area contributed by atoms with Gasteiger partial charge in [-0.15, -0.1) is 0 Å². The fourth-order valence-corrected chi connectivity index (χ4v) is 3.52. The molecule has 1 aliphatic heterocycles. The first-order valence-electron chi connectivity index (χ1n) is 9.84. The Kier molecular flexibility index (Phi) is 5.70. The Morgan fingerprint density at radius 3 is 2.43 bits per heavy atom. The normalized spacial score (nSPS) is 15.6. The van der Waals surface area contributed by atoms with Crippen molar-refractivity contribution in [2.24, 2.45) is 4.99 Å². The largest absolute Gasteiger partial charge is 0.445 e. The molecule has 3 aromatic carbocycles. The summed E-state index contributed by atoms with van der Waals surface area (Å²) >= 11 is 0. The van der Waals surface area contributed by atoms with Gasteiger partial charge >= 0.3 is 6.09 Å². The molecule has 0 saturated heterocycles. The molecule has 1 N–H and O–H groups in total. The van der Waals surface area contributed by atoms with Crippen LogP contribution in [0, 0.1) is 6.92 Å². The van der Waals surface area contributed by atoms with E-state index in [1.165, 1.54) is 0 Å². The Labute approximate surface area is 175 Å². The Bertz CT molecular complexity index is 1090. The summed E-state index contributed by atoms with van der Waals surface area (Å²) in [6, 6.07) is 25.0. The molecule has 1 atom stereocenters. The van der Waals surface area contributed by atoms with Crippen LogP contribution in [0.15, 0.2) is 83.9 Å². The van der Waals surface area contributed by atoms with Crippen molar-refractivity contribution in [3.63, 3.8) is 0 Å². The lowest BCUT2D eigenvalue weighted by atomic mass is 9.92. The molecule has 0 aliphatic carbocycles. The van der Waals surface area contributed by atoms with Crippen molar-refractivity contribution >= 4 is 17.6 Å². The molecule has 0 spiro atoms. The third-order valence-corrected chi connectivity index (χ3v) is 5.09. The minimum Gasteiger partial charge on any atom is -0.445 e. The average molecular weight is 398 g/mol. The van der Waals surface area contributed by atoms with Crippen LogP contribution in [0.4, 0.5) is 4.79 Å². The molecule has 5 heteroatoms. The summed E-state index contributed by atoms with van der Waals surface area (Å²) in [4.78, 5) is 30.0. The molecule has 0 fully saturated rings. The monoisotopic (exact) mass is 398 g/mol. The van der Waals surface area contributed by atoms with E-state index in [0.717, 1.165) is 27.8 Å². The number of nitrogens with zero attached hydrogens (tertiary/aromatic N) is 1. The zero-order valence-electron chi connectivity index (χ0n) is 16.7. The van der Waals surface area contributed by atoms with Crippen molar-refractivity contribution in [3.8, 4) is 0 Å². The third-order valence-electron chi connectivity index (χ3n) is 5.09. The van der Waals surface area contributed by atoms with E-state index in [2.05, 4.69) is 10.3 Å². The first-order chi connectivity index (χ1) is 14.6. The third kappa shape index (κ3) is 4.30. The SMILES string of the molecule is Cc1cccc2c1CC(=O)[C@@H](NC(=O)OCc1ccccc1)N=C2c1ccccc1.